The van der Waals surface area contributed by atoms with Gasteiger partial charge in [-0.15, -0.1) is 0 Å². The molecule has 0 saturated heterocycles. The van der Waals surface area contributed by atoms with Crippen molar-refractivity contribution in [3.63, 3.8) is 0 Å². The zero-order valence-electron chi connectivity index (χ0n) is 12.8. The molecule has 1 heteroatoms. The normalized spacial score (nSPS) is 31.2. The van der Waals surface area contributed by atoms with Gasteiger partial charge in [0.1, 0.15) is 0 Å². The maximum atomic E-state index is 2.64. The Bertz CT molecular complexity index is 525. The summed E-state index contributed by atoms with van der Waals surface area (Å²) in [5.41, 5.74) is 5.76. The second-order valence-corrected chi connectivity index (χ2v) is 12.7. The fraction of sp³-hybridized carbons (Fsp3) is 0.647. The second kappa shape index (κ2) is 3.30. The Balaban J connectivity index is 2.39. The van der Waals surface area contributed by atoms with Crippen molar-refractivity contribution in [3.05, 3.63) is 28.8 Å². The Morgan fingerprint density at radius 1 is 1.06 bits per heavy atom. The first-order valence-corrected chi connectivity index (χ1v) is 10.2. The van der Waals surface area contributed by atoms with E-state index < -0.39 is 8.07 Å². The fourth-order valence-corrected chi connectivity index (χ4v) is 11.0. The molecule has 2 heterocycles. The third-order valence-corrected chi connectivity index (χ3v) is 10.3. The van der Waals surface area contributed by atoms with Crippen LogP contribution in [0.5, 0.6) is 0 Å². The highest BCUT2D eigenvalue weighted by atomic mass is 28.3. The average Bonchev–Trinajstić information content (AvgIpc) is 2.43. The standard InChI is InChI=1S/C17H26Si/c1-12-7-8-13-15-14(12)16(2,3)9-10-18(15,6)11-17(13,4)5/h7-8H,9-11H2,1-6H3. The lowest BCUT2D eigenvalue weighted by atomic mass is 9.76. The molecule has 2 aliphatic rings. The summed E-state index contributed by atoms with van der Waals surface area (Å²) in [5.74, 6) is 0. The molecule has 2 aliphatic heterocycles. The van der Waals surface area contributed by atoms with Crippen LogP contribution >= 0.6 is 0 Å². The fourth-order valence-electron chi connectivity index (χ4n) is 4.86. The summed E-state index contributed by atoms with van der Waals surface area (Å²) in [7, 11) is -1.19. The third kappa shape index (κ3) is 1.43. The van der Waals surface area contributed by atoms with Crippen molar-refractivity contribution < 1.29 is 0 Å². The van der Waals surface area contributed by atoms with E-state index in [-0.39, 0.29) is 0 Å². The van der Waals surface area contributed by atoms with Gasteiger partial charge in [-0.05, 0) is 46.9 Å². The molecule has 1 aromatic carbocycles. The molecule has 0 aliphatic carbocycles. The van der Waals surface area contributed by atoms with Gasteiger partial charge < -0.3 is 0 Å². The van der Waals surface area contributed by atoms with Crippen LogP contribution in [0.3, 0.4) is 0 Å². The van der Waals surface area contributed by atoms with E-state index in [2.05, 4.69) is 53.3 Å². The van der Waals surface area contributed by atoms with E-state index in [0.717, 1.165) is 0 Å². The first-order valence-electron chi connectivity index (χ1n) is 7.32. The van der Waals surface area contributed by atoms with Crippen molar-refractivity contribution in [1.29, 1.82) is 0 Å². The molecule has 0 bridgehead atoms. The summed E-state index contributed by atoms with van der Waals surface area (Å²) < 4.78 is 0. The van der Waals surface area contributed by atoms with Gasteiger partial charge in [0.2, 0.25) is 0 Å². The molecule has 1 aromatic rings. The summed E-state index contributed by atoms with van der Waals surface area (Å²) >= 11 is 0. The number of aryl methyl sites for hydroxylation is 1. The lowest BCUT2D eigenvalue weighted by molar-refractivity contribution is 0.495. The maximum Gasteiger partial charge on any atom is 0.0853 e. The van der Waals surface area contributed by atoms with Gasteiger partial charge in [0.15, 0.2) is 0 Å². The largest absolute Gasteiger partial charge is 0.0853 e. The van der Waals surface area contributed by atoms with Crippen LogP contribution in [-0.2, 0) is 10.8 Å². The van der Waals surface area contributed by atoms with E-state index in [1.165, 1.54) is 24.1 Å². The molecule has 18 heavy (non-hydrogen) atoms. The van der Waals surface area contributed by atoms with Gasteiger partial charge in [-0.1, -0.05) is 57.6 Å². The molecule has 3 rings (SSSR count). The van der Waals surface area contributed by atoms with Crippen LogP contribution in [-0.4, -0.2) is 8.07 Å². The van der Waals surface area contributed by atoms with E-state index in [1.807, 2.05) is 5.19 Å². The Labute approximate surface area is 113 Å². The molecule has 0 N–H and O–H groups in total. The van der Waals surface area contributed by atoms with E-state index in [1.54, 1.807) is 11.1 Å². The molecule has 1 atom stereocenters. The minimum absolute atomic E-state index is 0.391. The topological polar surface area (TPSA) is 0 Å². The number of benzene rings is 1. The predicted octanol–water partition coefficient (Wildman–Crippen LogP) is 4.25. The van der Waals surface area contributed by atoms with Gasteiger partial charge in [-0.3, -0.25) is 0 Å². The van der Waals surface area contributed by atoms with Gasteiger partial charge in [-0.25, -0.2) is 0 Å². The van der Waals surface area contributed by atoms with Crippen molar-refractivity contribution in [3.8, 4) is 0 Å². The first-order chi connectivity index (χ1) is 8.17. The number of hydrogen-bond donors (Lipinski definition) is 0. The monoisotopic (exact) mass is 258 g/mol. The first kappa shape index (κ1) is 12.5. The number of rotatable bonds is 0. The molecule has 0 spiro atoms. The van der Waals surface area contributed by atoms with Crippen LogP contribution in [0.4, 0.5) is 0 Å². The van der Waals surface area contributed by atoms with Crippen LogP contribution < -0.4 is 5.19 Å². The molecule has 0 saturated carbocycles. The summed E-state index contributed by atoms with van der Waals surface area (Å²) in [4.78, 5) is 0. The molecule has 0 fully saturated rings. The van der Waals surface area contributed by atoms with Crippen LogP contribution in [0, 0.1) is 6.92 Å². The zero-order valence-corrected chi connectivity index (χ0v) is 13.8. The third-order valence-electron chi connectivity index (χ3n) is 5.56. The summed E-state index contributed by atoms with van der Waals surface area (Å²) in [6.45, 7) is 14.8. The van der Waals surface area contributed by atoms with Gasteiger partial charge in [-0.2, -0.15) is 0 Å². The summed E-state index contributed by atoms with van der Waals surface area (Å²) in [6.07, 6.45) is 1.39. The molecule has 0 nitrogen and oxygen atoms in total. The zero-order chi connectivity index (χ0) is 13.3. The highest BCUT2D eigenvalue weighted by Crippen LogP contribution is 2.49. The quantitative estimate of drug-likeness (QED) is 0.610. The van der Waals surface area contributed by atoms with Crippen LogP contribution in [0.1, 0.15) is 50.8 Å². The second-order valence-electron chi connectivity index (χ2n) is 8.19. The van der Waals surface area contributed by atoms with Crippen molar-refractivity contribution >= 4 is 13.3 Å². The predicted molar refractivity (Wildman–Crippen MR) is 82.7 cm³/mol. The Morgan fingerprint density at radius 2 is 1.72 bits per heavy atom. The highest BCUT2D eigenvalue weighted by Gasteiger charge is 2.52. The minimum Gasteiger partial charge on any atom is -0.0652 e. The summed E-state index contributed by atoms with van der Waals surface area (Å²) in [6, 6.07) is 7.77. The Hall–Kier alpha value is -0.563. The van der Waals surface area contributed by atoms with Gasteiger partial charge >= 0.3 is 0 Å². The van der Waals surface area contributed by atoms with Crippen molar-refractivity contribution in [2.24, 2.45) is 0 Å². The maximum absolute atomic E-state index is 2.64. The molecule has 98 valence electrons. The summed E-state index contributed by atoms with van der Waals surface area (Å²) in [5, 5.41) is 1.85. The highest BCUT2D eigenvalue weighted by molar-refractivity contribution is 6.93. The van der Waals surface area contributed by atoms with Crippen molar-refractivity contribution in [2.45, 2.75) is 70.5 Å². The Morgan fingerprint density at radius 3 is 2.39 bits per heavy atom. The van der Waals surface area contributed by atoms with Gasteiger partial charge in [0.05, 0.1) is 8.07 Å². The molecular formula is C17H26Si. The van der Waals surface area contributed by atoms with E-state index in [0.29, 0.717) is 10.8 Å². The molecule has 0 amide bonds. The van der Waals surface area contributed by atoms with Gasteiger partial charge in [0.25, 0.3) is 0 Å². The molecular weight excluding hydrogens is 232 g/mol. The van der Waals surface area contributed by atoms with E-state index >= 15 is 0 Å². The SMILES string of the molecule is Cc1ccc2c3c1C(C)(C)CC[Si]3(C)CC2(C)C. The van der Waals surface area contributed by atoms with E-state index in [4.69, 9.17) is 0 Å². The smallest absolute Gasteiger partial charge is 0.0652 e. The molecule has 0 aromatic heterocycles. The van der Waals surface area contributed by atoms with Crippen molar-refractivity contribution in [2.75, 3.05) is 0 Å². The minimum atomic E-state index is -1.19. The van der Waals surface area contributed by atoms with Crippen LogP contribution in [0.25, 0.3) is 0 Å². The average molecular weight is 258 g/mol. The lowest BCUT2D eigenvalue weighted by Crippen LogP contribution is -2.51. The molecule has 1 unspecified atom stereocenters. The van der Waals surface area contributed by atoms with Crippen molar-refractivity contribution in [1.82, 2.24) is 0 Å². The molecule has 0 radical (unpaired) electrons. The van der Waals surface area contributed by atoms with Crippen LogP contribution in [0.15, 0.2) is 12.1 Å². The van der Waals surface area contributed by atoms with Gasteiger partial charge in [0, 0.05) is 0 Å². The number of hydrogen-bond acceptors (Lipinski definition) is 0. The van der Waals surface area contributed by atoms with E-state index in [9.17, 15) is 0 Å². The lowest BCUT2D eigenvalue weighted by Gasteiger charge is -2.41. The Kier molecular flexibility index (Phi) is 2.29. The van der Waals surface area contributed by atoms with Crippen LogP contribution in [0.2, 0.25) is 18.6 Å².